The molecule has 0 unspecified atom stereocenters. The van der Waals surface area contributed by atoms with Crippen LogP contribution in [0.2, 0.25) is 0 Å². The van der Waals surface area contributed by atoms with Crippen LogP contribution in [0, 0.1) is 0 Å². The third-order valence-electron chi connectivity index (χ3n) is 3.01. The third kappa shape index (κ3) is 2.58. The van der Waals surface area contributed by atoms with E-state index in [1.54, 1.807) is 49.4 Å². The summed E-state index contributed by atoms with van der Waals surface area (Å²) in [4.78, 5) is 16.1. The second-order valence-electron chi connectivity index (χ2n) is 4.47. The fraction of sp³-hybridized carbons (Fsp3) is 0.125. The van der Waals surface area contributed by atoms with Crippen LogP contribution in [0.15, 0.2) is 46.9 Å². The van der Waals surface area contributed by atoms with Gasteiger partial charge in [-0.05, 0) is 49.4 Å². The molecule has 0 saturated heterocycles. The zero-order valence-corrected chi connectivity index (χ0v) is 11.4. The topological polar surface area (TPSA) is 72.6 Å². The van der Waals surface area contributed by atoms with Crippen molar-refractivity contribution in [2.75, 3.05) is 6.61 Å². The van der Waals surface area contributed by atoms with E-state index in [0.29, 0.717) is 29.2 Å². The Morgan fingerprint density at radius 2 is 2.00 bits per heavy atom. The standard InChI is InChI=1S/C16H13NO4/c1-2-20-16(19)11-5-8-14-13(9-11)17-15(21-14)10-3-6-12(18)7-4-10/h3-9,18H,2H2,1H3. The molecule has 3 rings (SSSR count). The van der Waals surface area contributed by atoms with Crippen molar-refractivity contribution in [3.8, 4) is 17.2 Å². The van der Waals surface area contributed by atoms with Crippen LogP contribution in [-0.2, 0) is 4.74 Å². The van der Waals surface area contributed by atoms with E-state index in [0.717, 1.165) is 5.56 Å². The number of oxazole rings is 1. The minimum Gasteiger partial charge on any atom is -0.508 e. The molecule has 0 bridgehead atoms. The number of nitrogens with zero attached hydrogens (tertiary/aromatic N) is 1. The molecule has 0 saturated carbocycles. The van der Waals surface area contributed by atoms with E-state index in [1.807, 2.05) is 0 Å². The van der Waals surface area contributed by atoms with Gasteiger partial charge in [-0.3, -0.25) is 0 Å². The summed E-state index contributed by atoms with van der Waals surface area (Å²) in [5.41, 5.74) is 2.37. The summed E-state index contributed by atoms with van der Waals surface area (Å²) >= 11 is 0. The first-order valence-corrected chi connectivity index (χ1v) is 6.54. The van der Waals surface area contributed by atoms with Crippen LogP contribution in [0.5, 0.6) is 5.75 Å². The normalized spacial score (nSPS) is 10.7. The number of carbonyl (C=O) groups excluding carboxylic acids is 1. The first-order chi connectivity index (χ1) is 10.2. The predicted octanol–water partition coefficient (Wildman–Crippen LogP) is 3.38. The van der Waals surface area contributed by atoms with E-state index in [4.69, 9.17) is 9.15 Å². The molecule has 106 valence electrons. The smallest absolute Gasteiger partial charge is 0.338 e. The van der Waals surface area contributed by atoms with Gasteiger partial charge in [-0.25, -0.2) is 9.78 Å². The van der Waals surface area contributed by atoms with Gasteiger partial charge < -0.3 is 14.3 Å². The molecule has 0 radical (unpaired) electrons. The first-order valence-electron chi connectivity index (χ1n) is 6.54. The highest BCUT2D eigenvalue weighted by Gasteiger charge is 2.12. The van der Waals surface area contributed by atoms with Crippen molar-refractivity contribution in [1.29, 1.82) is 0 Å². The van der Waals surface area contributed by atoms with E-state index < -0.39 is 0 Å². The van der Waals surface area contributed by atoms with Crippen molar-refractivity contribution in [2.24, 2.45) is 0 Å². The highest BCUT2D eigenvalue weighted by Crippen LogP contribution is 2.26. The Morgan fingerprint density at radius 1 is 1.24 bits per heavy atom. The van der Waals surface area contributed by atoms with Crippen molar-refractivity contribution in [3.05, 3.63) is 48.0 Å². The zero-order chi connectivity index (χ0) is 14.8. The molecule has 1 N–H and O–H groups in total. The Morgan fingerprint density at radius 3 is 2.71 bits per heavy atom. The van der Waals surface area contributed by atoms with E-state index in [2.05, 4.69) is 4.98 Å². The lowest BCUT2D eigenvalue weighted by Crippen LogP contribution is -2.03. The molecular weight excluding hydrogens is 270 g/mol. The second-order valence-corrected chi connectivity index (χ2v) is 4.47. The van der Waals surface area contributed by atoms with Crippen molar-refractivity contribution in [2.45, 2.75) is 6.92 Å². The fourth-order valence-electron chi connectivity index (χ4n) is 2.00. The summed E-state index contributed by atoms with van der Waals surface area (Å²) in [7, 11) is 0. The molecule has 0 atom stereocenters. The predicted molar refractivity (Wildman–Crippen MR) is 77.1 cm³/mol. The summed E-state index contributed by atoms with van der Waals surface area (Å²) in [5, 5.41) is 9.29. The highest BCUT2D eigenvalue weighted by atomic mass is 16.5. The molecule has 1 aromatic heterocycles. The van der Waals surface area contributed by atoms with E-state index >= 15 is 0 Å². The lowest BCUT2D eigenvalue weighted by Gasteiger charge is -2.00. The van der Waals surface area contributed by atoms with Gasteiger partial charge in [0.15, 0.2) is 5.58 Å². The number of benzene rings is 2. The molecule has 0 amide bonds. The van der Waals surface area contributed by atoms with Crippen LogP contribution in [0.25, 0.3) is 22.6 Å². The molecule has 3 aromatic rings. The van der Waals surface area contributed by atoms with Gasteiger partial charge in [0, 0.05) is 5.56 Å². The Hall–Kier alpha value is -2.82. The number of carbonyl (C=O) groups is 1. The van der Waals surface area contributed by atoms with E-state index in [1.165, 1.54) is 0 Å². The van der Waals surface area contributed by atoms with E-state index in [9.17, 15) is 9.90 Å². The van der Waals surface area contributed by atoms with Gasteiger partial charge in [0.25, 0.3) is 0 Å². The maximum Gasteiger partial charge on any atom is 0.338 e. The fourth-order valence-corrected chi connectivity index (χ4v) is 2.00. The minimum atomic E-state index is -0.381. The Bertz CT molecular complexity index is 790. The summed E-state index contributed by atoms with van der Waals surface area (Å²) in [5.74, 6) is 0.235. The number of aromatic hydroxyl groups is 1. The van der Waals surface area contributed by atoms with E-state index in [-0.39, 0.29) is 11.7 Å². The number of phenolic OH excluding ortho intramolecular Hbond substituents is 1. The average molecular weight is 283 g/mol. The van der Waals surface area contributed by atoms with Gasteiger partial charge in [0.1, 0.15) is 11.3 Å². The first kappa shape index (κ1) is 13.2. The van der Waals surface area contributed by atoms with Crippen LogP contribution in [-0.4, -0.2) is 22.7 Å². The molecule has 0 fully saturated rings. The van der Waals surface area contributed by atoms with Gasteiger partial charge >= 0.3 is 5.97 Å². The van der Waals surface area contributed by atoms with Crippen molar-refractivity contribution in [1.82, 2.24) is 4.98 Å². The SMILES string of the molecule is CCOC(=O)c1ccc2oc(-c3ccc(O)cc3)nc2c1. The average Bonchev–Trinajstić information content (AvgIpc) is 2.91. The van der Waals surface area contributed by atoms with Gasteiger partial charge in [0.05, 0.1) is 12.2 Å². The van der Waals surface area contributed by atoms with Crippen LogP contribution in [0.4, 0.5) is 0 Å². The number of rotatable bonds is 3. The summed E-state index contributed by atoms with van der Waals surface area (Å²) < 4.78 is 10.6. The van der Waals surface area contributed by atoms with Gasteiger partial charge in [-0.15, -0.1) is 0 Å². The van der Waals surface area contributed by atoms with Gasteiger partial charge in [0.2, 0.25) is 5.89 Å². The third-order valence-corrected chi connectivity index (χ3v) is 3.01. The summed E-state index contributed by atoms with van der Waals surface area (Å²) in [6.07, 6.45) is 0. The van der Waals surface area contributed by atoms with Gasteiger partial charge in [-0.2, -0.15) is 0 Å². The number of phenols is 1. The number of hydrogen-bond donors (Lipinski definition) is 1. The lowest BCUT2D eigenvalue weighted by atomic mass is 10.2. The Labute approximate surface area is 120 Å². The van der Waals surface area contributed by atoms with Crippen molar-refractivity contribution < 1.29 is 19.1 Å². The quantitative estimate of drug-likeness (QED) is 0.746. The maximum absolute atomic E-state index is 11.7. The molecule has 1 heterocycles. The van der Waals surface area contributed by atoms with Gasteiger partial charge in [-0.1, -0.05) is 0 Å². The van der Waals surface area contributed by atoms with Crippen LogP contribution >= 0.6 is 0 Å². The number of hydrogen-bond acceptors (Lipinski definition) is 5. The summed E-state index contributed by atoms with van der Waals surface area (Å²) in [6.45, 7) is 2.09. The van der Waals surface area contributed by atoms with Crippen LogP contribution in [0.1, 0.15) is 17.3 Å². The Balaban J connectivity index is 2.00. The van der Waals surface area contributed by atoms with Crippen LogP contribution in [0.3, 0.4) is 0 Å². The largest absolute Gasteiger partial charge is 0.508 e. The molecule has 21 heavy (non-hydrogen) atoms. The number of ether oxygens (including phenoxy) is 1. The number of fused-ring (bicyclic) bond motifs is 1. The van der Waals surface area contributed by atoms with Crippen molar-refractivity contribution >= 4 is 17.1 Å². The maximum atomic E-state index is 11.7. The highest BCUT2D eigenvalue weighted by molar-refractivity contribution is 5.93. The molecule has 5 heteroatoms. The minimum absolute atomic E-state index is 0.180. The lowest BCUT2D eigenvalue weighted by molar-refractivity contribution is 0.0526. The Kier molecular flexibility index (Phi) is 3.31. The van der Waals surface area contributed by atoms with Crippen LogP contribution < -0.4 is 0 Å². The monoisotopic (exact) mass is 283 g/mol. The number of aromatic nitrogens is 1. The second kappa shape index (κ2) is 5.28. The molecule has 5 nitrogen and oxygen atoms in total. The molecule has 0 aliphatic heterocycles. The zero-order valence-electron chi connectivity index (χ0n) is 11.4. The van der Waals surface area contributed by atoms with Crippen molar-refractivity contribution in [3.63, 3.8) is 0 Å². The molecule has 0 spiro atoms. The molecule has 0 aliphatic carbocycles. The molecule has 0 aliphatic rings. The summed E-state index contributed by atoms with van der Waals surface area (Å²) in [6, 6.07) is 11.5. The number of esters is 1. The molecule has 2 aromatic carbocycles. The molecular formula is C16H13NO4.